The predicted octanol–water partition coefficient (Wildman–Crippen LogP) is 24.6. The van der Waals surface area contributed by atoms with E-state index in [4.69, 9.17) is 24.8 Å². The maximum Gasteiger partial charge on any atom is 0.136 e. The van der Waals surface area contributed by atoms with E-state index in [9.17, 15) is 0 Å². The summed E-state index contributed by atoms with van der Waals surface area (Å²) in [6, 6.07) is 135. The van der Waals surface area contributed by atoms with Gasteiger partial charge in [0.25, 0.3) is 0 Å². The van der Waals surface area contributed by atoms with Crippen molar-refractivity contribution in [3.8, 4) is 67.5 Å². The lowest BCUT2D eigenvalue weighted by atomic mass is 9.96. The van der Waals surface area contributed by atoms with Crippen LogP contribution in [0.1, 0.15) is 0 Å². The van der Waals surface area contributed by atoms with Gasteiger partial charge in [-0.05, 0) is 184 Å². The Balaban J connectivity index is 0.000000104. The van der Waals surface area contributed by atoms with Gasteiger partial charge in [0.2, 0.25) is 0 Å². The normalized spacial score (nSPS) is 11.7. The fourth-order valence-electron chi connectivity index (χ4n) is 16.6. The number of aromatic nitrogens is 12. The Labute approximate surface area is 646 Å². The second kappa shape index (κ2) is 26.7. The van der Waals surface area contributed by atoms with Crippen molar-refractivity contribution >= 4 is 131 Å². The largest absolute Gasteiger partial charge is 0.456 e. The maximum absolute atomic E-state index is 6.13. The molecule has 0 N–H and O–H groups in total. The Morgan fingerprint density at radius 1 is 0.186 bits per heavy atom. The molecule has 0 unspecified atom stereocenters. The van der Waals surface area contributed by atoms with Crippen LogP contribution in [0.3, 0.4) is 0 Å². The number of rotatable bonds is 9. The van der Waals surface area contributed by atoms with Crippen molar-refractivity contribution in [1.82, 2.24) is 58.7 Å². The van der Waals surface area contributed by atoms with Gasteiger partial charge >= 0.3 is 0 Å². The quantitative estimate of drug-likeness (QED) is 0.141. The average molecular weight is 1450 g/mol. The van der Waals surface area contributed by atoms with Gasteiger partial charge in [-0.3, -0.25) is 0 Å². The molecule has 7 heterocycles. The van der Waals surface area contributed by atoms with E-state index in [1.807, 2.05) is 97.1 Å². The number of hydrogen-bond donors (Lipinski definition) is 0. The predicted molar refractivity (Wildman–Crippen MR) is 461 cm³/mol. The number of fused-ring (bicyclic) bond motifs is 16. The number of benzene rings is 17. The average Bonchev–Trinajstić information content (AvgIpc) is 1.62. The molecule has 0 bridgehead atoms. The molecule has 0 saturated carbocycles. The van der Waals surface area contributed by atoms with Crippen LogP contribution in [0.5, 0.6) is 0 Å². The lowest BCUT2D eigenvalue weighted by molar-refractivity contribution is 0.669. The molecule has 0 radical (unpaired) electrons. The Morgan fingerprint density at radius 3 is 1.11 bits per heavy atom. The minimum Gasteiger partial charge on any atom is -0.456 e. The van der Waals surface area contributed by atoms with Gasteiger partial charge in [-0.25, -0.2) is 0 Å². The van der Waals surface area contributed by atoms with Crippen LogP contribution in [-0.2, 0) is 0 Å². The molecule has 530 valence electrons. The van der Waals surface area contributed by atoms with E-state index in [0.29, 0.717) is 0 Å². The first-order valence-electron chi connectivity index (χ1n) is 37.8. The van der Waals surface area contributed by atoms with Crippen LogP contribution in [-0.4, -0.2) is 58.7 Å². The van der Waals surface area contributed by atoms with Crippen LogP contribution in [0.25, 0.3) is 199 Å². The zero-order chi connectivity index (χ0) is 74.5. The molecule has 0 atom stereocenters. The van der Waals surface area contributed by atoms with Crippen LogP contribution in [0.15, 0.2) is 393 Å². The fraction of sp³-hybridized carbons (Fsp3) is 0. The van der Waals surface area contributed by atoms with Gasteiger partial charge in [-0.15, -0.1) is 30.6 Å². The molecule has 17 aromatic carbocycles. The number of hydrogen-bond acceptors (Lipinski definition) is 7. The van der Waals surface area contributed by atoms with Crippen LogP contribution in [0.2, 0.25) is 0 Å². The Morgan fingerprint density at radius 2 is 0.558 bits per heavy atom. The van der Waals surface area contributed by atoms with Crippen molar-refractivity contribution in [2.75, 3.05) is 0 Å². The van der Waals surface area contributed by atoms with Crippen molar-refractivity contribution in [3.63, 3.8) is 0 Å². The van der Waals surface area contributed by atoms with Crippen LogP contribution >= 0.6 is 0 Å². The first-order chi connectivity index (χ1) is 56.0. The molecule has 24 rings (SSSR count). The summed E-state index contributed by atoms with van der Waals surface area (Å²) in [5.41, 5.74) is 27.2. The molecule has 0 fully saturated rings. The Bertz CT molecular complexity index is 7670. The van der Waals surface area contributed by atoms with Crippen LogP contribution in [0, 0.1) is 0 Å². The number of nitrogens with zero attached hydrogens (tertiary/aromatic N) is 12. The molecule has 13 heteroatoms. The van der Waals surface area contributed by atoms with Gasteiger partial charge in [-0.1, -0.05) is 243 Å². The molecule has 0 spiro atoms. The summed E-state index contributed by atoms with van der Waals surface area (Å²) in [5.74, 6) is 0. The van der Waals surface area contributed by atoms with E-state index in [0.717, 1.165) is 111 Å². The molecular weight excluding hydrogens is 1390 g/mol. The molecule has 0 saturated heterocycles. The van der Waals surface area contributed by atoms with Crippen molar-refractivity contribution < 1.29 is 4.42 Å². The third-order valence-corrected chi connectivity index (χ3v) is 21.8. The molecular formula is C100H64N12O. The van der Waals surface area contributed by atoms with Gasteiger partial charge in [-0.2, -0.15) is 14.4 Å². The maximum atomic E-state index is 6.13. The summed E-state index contributed by atoms with van der Waals surface area (Å²) >= 11 is 0. The fourth-order valence-corrected chi connectivity index (χ4v) is 16.6. The second-order valence-corrected chi connectivity index (χ2v) is 28.4. The highest BCUT2D eigenvalue weighted by atomic mass is 16.3. The van der Waals surface area contributed by atoms with Gasteiger partial charge in [0.15, 0.2) is 0 Å². The van der Waals surface area contributed by atoms with Crippen molar-refractivity contribution in [3.05, 3.63) is 388 Å². The smallest absolute Gasteiger partial charge is 0.136 e. The molecule has 0 aliphatic rings. The van der Waals surface area contributed by atoms with Crippen LogP contribution < -0.4 is 0 Å². The van der Waals surface area contributed by atoms with Gasteiger partial charge in [0, 0.05) is 59.9 Å². The number of para-hydroxylation sites is 9. The van der Waals surface area contributed by atoms with E-state index < -0.39 is 0 Å². The Hall–Kier alpha value is -15.6. The minimum absolute atomic E-state index is 0.845. The topological polar surface area (TPSA) is 120 Å². The van der Waals surface area contributed by atoms with Gasteiger partial charge in [0.1, 0.15) is 44.3 Å². The monoisotopic (exact) mass is 1450 g/mol. The molecule has 13 nitrogen and oxygen atoms in total. The molecule has 0 aliphatic heterocycles. The highest BCUT2D eigenvalue weighted by Gasteiger charge is 2.21. The molecule has 0 aliphatic carbocycles. The third-order valence-electron chi connectivity index (χ3n) is 21.8. The van der Waals surface area contributed by atoms with Crippen LogP contribution in [0.4, 0.5) is 0 Å². The molecule has 7 aromatic heterocycles. The lowest BCUT2D eigenvalue weighted by Crippen LogP contribution is -1.98. The first kappa shape index (κ1) is 64.6. The molecule has 24 aromatic rings. The van der Waals surface area contributed by atoms with E-state index in [2.05, 4.69) is 315 Å². The van der Waals surface area contributed by atoms with Crippen molar-refractivity contribution in [2.45, 2.75) is 0 Å². The summed E-state index contributed by atoms with van der Waals surface area (Å²) in [6.07, 6.45) is 0. The highest BCUT2D eigenvalue weighted by molar-refractivity contribution is 6.15. The standard InChI is InChI=1S/C36H22N4O.C34H22N4.C30H20N4/c1-4-15-32-27(11-1)28-12-2-5-16-33(28)39(32)24-19-20-30-31(22-24)38-40(37-30)25-10-7-9-23(21-25)26-14-8-18-35-36(26)29-13-3-6-17-34(29)41-35;1-2-10-24(11-3-1)38-35-30-20-18-23(22-31(30)36-38)25-19-21-34(27-13-5-4-12-26(25)27)37-32-16-8-6-14-28(32)29-15-7-9-17-33(29)37;1-2-8-24(9-3-1)34-31-27-19-16-22(20-28(27)32-34)21-14-17-23(18-15-21)33-29-12-6-4-10-25(29)26-11-5-7-13-30(26)33/h1-22H;1-22H;1-20H. The summed E-state index contributed by atoms with van der Waals surface area (Å²) in [7, 11) is 0. The SMILES string of the molecule is c1cc(-c2cccc3oc4ccccc4c23)cc(-n2nc3ccc(-n4c5ccccc5c5ccccc54)cc3n2)c1.c1ccc(-n2nc3ccc(-c4ccc(-n5c6ccccc6c6ccccc65)c5ccccc45)cc3n2)cc1.c1ccc(-n2nc3ccc(-c4ccc(-n5c6ccccc6c6ccccc65)cc4)cc3n2)cc1. The first-order valence-corrected chi connectivity index (χ1v) is 37.8. The summed E-state index contributed by atoms with van der Waals surface area (Å²) in [4.78, 5) is 5.13. The summed E-state index contributed by atoms with van der Waals surface area (Å²) in [5, 5.41) is 40.8. The summed E-state index contributed by atoms with van der Waals surface area (Å²) < 4.78 is 13.2. The number of furan rings is 1. The van der Waals surface area contributed by atoms with Crippen molar-refractivity contribution in [1.29, 1.82) is 0 Å². The lowest BCUT2D eigenvalue weighted by Gasteiger charge is -2.15. The third kappa shape index (κ3) is 11.1. The van der Waals surface area contributed by atoms with E-state index >= 15 is 0 Å². The van der Waals surface area contributed by atoms with E-state index in [1.54, 1.807) is 14.4 Å². The summed E-state index contributed by atoms with van der Waals surface area (Å²) in [6.45, 7) is 0. The molecule has 113 heavy (non-hydrogen) atoms. The van der Waals surface area contributed by atoms with Gasteiger partial charge in [0.05, 0.1) is 55.8 Å². The highest BCUT2D eigenvalue weighted by Crippen LogP contribution is 2.42. The van der Waals surface area contributed by atoms with Gasteiger partial charge < -0.3 is 18.1 Å². The zero-order valence-electron chi connectivity index (χ0n) is 60.7. The molecule has 0 amide bonds. The zero-order valence-corrected chi connectivity index (χ0v) is 60.7. The van der Waals surface area contributed by atoms with E-state index in [-0.39, 0.29) is 0 Å². The van der Waals surface area contributed by atoms with Crippen molar-refractivity contribution in [2.24, 2.45) is 0 Å². The Kier molecular flexibility index (Phi) is 15.2. The second-order valence-electron chi connectivity index (χ2n) is 28.4. The van der Waals surface area contributed by atoms with E-state index in [1.165, 1.54) is 87.4 Å². The minimum atomic E-state index is 0.845.